The molecule has 1 saturated carbocycles. The van der Waals surface area contributed by atoms with Crippen molar-refractivity contribution in [3.8, 4) is 0 Å². The van der Waals surface area contributed by atoms with Gasteiger partial charge in [-0.3, -0.25) is 0 Å². The van der Waals surface area contributed by atoms with Crippen LogP contribution in [0.2, 0.25) is 0 Å². The summed E-state index contributed by atoms with van der Waals surface area (Å²) in [6.45, 7) is 0.844. The molecule has 0 amide bonds. The molecule has 4 nitrogen and oxygen atoms in total. The Morgan fingerprint density at radius 1 is 1.32 bits per heavy atom. The van der Waals surface area contributed by atoms with Crippen LogP contribution in [-0.2, 0) is 13.1 Å². The Morgan fingerprint density at radius 3 is 2.95 bits per heavy atom. The third-order valence-electron chi connectivity index (χ3n) is 3.08. The van der Waals surface area contributed by atoms with Gasteiger partial charge >= 0.3 is 0 Å². The second-order valence-corrected chi connectivity index (χ2v) is 4.80. The van der Waals surface area contributed by atoms with Crippen molar-refractivity contribution in [2.75, 3.05) is 0 Å². The highest BCUT2D eigenvalue weighted by Crippen LogP contribution is 2.19. The number of hydrogen-bond donors (Lipinski definition) is 1. The van der Waals surface area contributed by atoms with Gasteiger partial charge in [0.2, 0.25) is 0 Å². The molecule has 1 fully saturated rings. The van der Waals surface area contributed by atoms with Crippen LogP contribution >= 0.6 is 0 Å². The van der Waals surface area contributed by atoms with Crippen LogP contribution in [0.4, 0.5) is 8.78 Å². The molecule has 1 aliphatic rings. The van der Waals surface area contributed by atoms with E-state index in [2.05, 4.69) is 15.6 Å². The fourth-order valence-corrected chi connectivity index (χ4v) is 1.87. The molecule has 100 valence electrons. The summed E-state index contributed by atoms with van der Waals surface area (Å²) in [6.07, 6.45) is 4.17. The maximum atomic E-state index is 13.5. The molecule has 0 aliphatic heterocycles. The lowest BCUT2D eigenvalue weighted by Gasteiger charge is -2.02. The molecular formula is C13H14F2N4. The highest BCUT2D eigenvalue weighted by molar-refractivity contribution is 5.19. The monoisotopic (exact) mass is 264 g/mol. The zero-order valence-electron chi connectivity index (χ0n) is 10.3. The quantitative estimate of drug-likeness (QED) is 0.896. The second-order valence-electron chi connectivity index (χ2n) is 4.80. The Morgan fingerprint density at radius 2 is 2.16 bits per heavy atom. The Hall–Kier alpha value is -1.82. The van der Waals surface area contributed by atoms with E-state index >= 15 is 0 Å². The van der Waals surface area contributed by atoms with Gasteiger partial charge in [-0.25, -0.2) is 13.5 Å². The van der Waals surface area contributed by atoms with Gasteiger partial charge in [-0.15, -0.1) is 5.10 Å². The van der Waals surface area contributed by atoms with Crippen molar-refractivity contribution in [3.63, 3.8) is 0 Å². The van der Waals surface area contributed by atoms with E-state index in [0.717, 1.165) is 17.8 Å². The van der Waals surface area contributed by atoms with E-state index in [1.807, 2.05) is 0 Å². The summed E-state index contributed by atoms with van der Waals surface area (Å²) in [6, 6.07) is 4.01. The SMILES string of the molecule is Fc1ccc(F)c(Cn2cc(CNC3CC3)nn2)c1. The third-order valence-corrected chi connectivity index (χ3v) is 3.08. The first kappa shape index (κ1) is 12.2. The largest absolute Gasteiger partial charge is 0.308 e. The van der Waals surface area contributed by atoms with E-state index in [1.165, 1.54) is 23.6 Å². The second kappa shape index (κ2) is 5.05. The summed E-state index contributed by atoms with van der Waals surface area (Å²) < 4.78 is 28.0. The van der Waals surface area contributed by atoms with Gasteiger partial charge in [0, 0.05) is 18.2 Å². The van der Waals surface area contributed by atoms with Crippen molar-refractivity contribution in [3.05, 3.63) is 47.3 Å². The molecule has 19 heavy (non-hydrogen) atoms. The Kier molecular flexibility index (Phi) is 3.25. The standard InChI is InChI=1S/C13H14F2N4/c14-10-1-4-13(15)9(5-10)7-19-8-12(17-18-19)6-16-11-2-3-11/h1,4-5,8,11,16H,2-3,6-7H2. The Labute approximate surface area is 109 Å². The molecule has 0 atom stereocenters. The van der Waals surface area contributed by atoms with Crippen LogP contribution in [0.5, 0.6) is 0 Å². The number of rotatable bonds is 5. The van der Waals surface area contributed by atoms with Crippen LogP contribution in [0.3, 0.4) is 0 Å². The van der Waals surface area contributed by atoms with Crippen LogP contribution < -0.4 is 5.32 Å². The molecule has 0 bridgehead atoms. The molecule has 2 aromatic rings. The molecular weight excluding hydrogens is 250 g/mol. The molecule has 6 heteroatoms. The lowest BCUT2D eigenvalue weighted by Crippen LogP contribution is -2.15. The van der Waals surface area contributed by atoms with Crippen molar-refractivity contribution in [2.45, 2.75) is 32.0 Å². The van der Waals surface area contributed by atoms with Crippen molar-refractivity contribution >= 4 is 0 Å². The summed E-state index contributed by atoms with van der Waals surface area (Å²) in [7, 11) is 0. The Bertz CT molecular complexity index is 578. The van der Waals surface area contributed by atoms with Crippen molar-refractivity contribution in [1.29, 1.82) is 0 Å². The minimum Gasteiger partial charge on any atom is -0.308 e. The van der Waals surface area contributed by atoms with Crippen molar-refractivity contribution < 1.29 is 8.78 Å². The highest BCUT2D eigenvalue weighted by atomic mass is 19.1. The summed E-state index contributed by atoms with van der Waals surface area (Å²) >= 11 is 0. The minimum atomic E-state index is -0.452. The first-order chi connectivity index (χ1) is 9.20. The predicted molar refractivity (Wildman–Crippen MR) is 65.3 cm³/mol. The van der Waals surface area contributed by atoms with E-state index in [-0.39, 0.29) is 12.1 Å². The molecule has 3 rings (SSSR count). The smallest absolute Gasteiger partial charge is 0.128 e. The molecule has 0 saturated heterocycles. The van der Waals surface area contributed by atoms with Crippen LogP contribution in [-0.4, -0.2) is 21.0 Å². The van der Waals surface area contributed by atoms with Gasteiger partial charge in [-0.05, 0) is 31.0 Å². The average Bonchev–Trinajstić information content (AvgIpc) is 3.12. The molecule has 0 unspecified atom stereocenters. The van der Waals surface area contributed by atoms with Crippen LogP contribution in [0, 0.1) is 11.6 Å². The number of halogens is 2. The topological polar surface area (TPSA) is 42.7 Å². The van der Waals surface area contributed by atoms with E-state index in [1.54, 1.807) is 6.20 Å². The Balaban J connectivity index is 1.66. The normalized spacial score (nSPS) is 14.8. The van der Waals surface area contributed by atoms with E-state index in [0.29, 0.717) is 12.6 Å². The molecule has 1 N–H and O–H groups in total. The fraction of sp³-hybridized carbons (Fsp3) is 0.385. The van der Waals surface area contributed by atoms with Crippen molar-refractivity contribution in [1.82, 2.24) is 20.3 Å². The fourth-order valence-electron chi connectivity index (χ4n) is 1.87. The molecule has 1 aromatic heterocycles. The van der Waals surface area contributed by atoms with E-state index < -0.39 is 11.6 Å². The third kappa shape index (κ3) is 3.14. The maximum Gasteiger partial charge on any atom is 0.128 e. The van der Waals surface area contributed by atoms with Gasteiger partial charge < -0.3 is 5.32 Å². The first-order valence-corrected chi connectivity index (χ1v) is 6.27. The van der Waals surface area contributed by atoms with E-state index in [4.69, 9.17) is 0 Å². The summed E-state index contributed by atoms with van der Waals surface area (Å²) in [4.78, 5) is 0. The number of hydrogen-bond acceptors (Lipinski definition) is 3. The molecule has 1 aliphatic carbocycles. The lowest BCUT2D eigenvalue weighted by molar-refractivity contribution is 0.560. The van der Waals surface area contributed by atoms with Crippen molar-refractivity contribution in [2.24, 2.45) is 0 Å². The summed E-state index contributed by atoms with van der Waals surface area (Å²) in [5.74, 6) is -0.887. The van der Waals surface area contributed by atoms with E-state index in [9.17, 15) is 8.78 Å². The number of nitrogens with zero attached hydrogens (tertiary/aromatic N) is 3. The van der Waals surface area contributed by atoms with Gasteiger partial charge in [0.25, 0.3) is 0 Å². The zero-order chi connectivity index (χ0) is 13.2. The van der Waals surface area contributed by atoms with Gasteiger partial charge in [0.1, 0.15) is 11.6 Å². The maximum absolute atomic E-state index is 13.5. The molecule has 1 heterocycles. The minimum absolute atomic E-state index is 0.181. The number of nitrogens with one attached hydrogen (secondary N) is 1. The number of benzene rings is 1. The van der Waals surface area contributed by atoms with Crippen LogP contribution in [0.25, 0.3) is 0 Å². The summed E-state index contributed by atoms with van der Waals surface area (Å²) in [5.41, 5.74) is 1.08. The molecule has 1 aromatic carbocycles. The van der Waals surface area contributed by atoms with Gasteiger partial charge in [0.05, 0.1) is 18.4 Å². The predicted octanol–water partition coefficient (Wildman–Crippen LogP) is 1.86. The summed E-state index contributed by atoms with van der Waals surface area (Å²) in [5, 5.41) is 11.2. The van der Waals surface area contributed by atoms with Gasteiger partial charge in [-0.2, -0.15) is 0 Å². The number of aromatic nitrogens is 3. The van der Waals surface area contributed by atoms with Crippen LogP contribution in [0.1, 0.15) is 24.1 Å². The average molecular weight is 264 g/mol. The van der Waals surface area contributed by atoms with Gasteiger partial charge in [0.15, 0.2) is 0 Å². The first-order valence-electron chi connectivity index (χ1n) is 6.27. The molecule has 0 spiro atoms. The zero-order valence-corrected chi connectivity index (χ0v) is 10.3. The lowest BCUT2D eigenvalue weighted by atomic mass is 10.2. The van der Waals surface area contributed by atoms with Crippen LogP contribution in [0.15, 0.2) is 24.4 Å². The van der Waals surface area contributed by atoms with Gasteiger partial charge in [-0.1, -0.05) is 5.21 Å². The molecule has 0 radical (unpaired) electrons. The highest BCUT2D eigenvalue weighted by Gasteiger charge is 2.20.